The van der Waals surface area contributed by atoms with E-state index >= 15 is 0 Å². The van der Waals surface area contributed by atoms with Gasteiger partial charge in [-0.25, -0.2) is 0 Å². The minimum absolute atomic E-state index is 0.367. The van der Waals surface area contributed by atoms with Crippen LogP contribution < -0.4 is 5.73 Å². The minimum atomic E-state index is 0.367. The van der Waals surface area contributed by atoms with Gasteiger partial charge in [0.25, 0.3) is 0 Å². The summed E-state index contributed by atoms with van der Waals surface area (Å²) < 4.78 is 1.14. The van der Waals surface area contributed by atoms with Crippen molar-refractivity contribution in [1.82, 2.24) is 4.90 Å². The maximum Gasteiger partial charge on any atom is 0.0236 e. The summed E-state index contributed by atoms with van der Waals surface area (Å²) in [5, 5.41) is 0. The lowest BCUT2D eigenvalue weighted by Gasteiger charge is -2.41. The fourth-order valence-corrected chi connectivity index (χ4v) is 2.78. The van der Waals surface area contributed by atoms with E-state index in [1.54, 1.807) is 0 Å². The standard InChI is InChI=1S/C14H21BrN2/c1-10-11(2)17(8-7-14(10)16)9-12-3-5-13(15)6-4-12/h3-6,10-11,14H,7-9,16H2,1-2H3. The Morgan fingerprint density at radius 2 is 1.94 bits per heavy atom. The molecule has 1 aromatic rings. The summed E-state index contributed by atoms with van der Waals surface area (Å²) in [6, 6.07) is 9.54. The van der Waals surface area contributed by atoms with Crippen LogP contribution in [0.5, 0.6) is 0 Å². The number of benzene rings is 1. The lowest BCUT2D eigenvalue weighted by atomic mass is 9.87. The van der Waals surface area contributed by atoms with Gasteiger partial charge in [0.1, 0.15) is 0 Å². The molecule has 1 saturated heterocycles. The lowest BCUT2D eigenvalue weighted by molar-refractivity contribution is 0.0910. The lowest BCUT2D eigenvalue weighted by Crippen LogP contribution is -2.51. The number of likely N-dealkylation sites (tertiary alicyclic amines) is 1. The molecule has 0 aromatic heterocycles. The predicted octanol–water partition coefficient (Wildman–Crippen LogP) is 3.01. The van der Waals surface area contributed by atoms with Crippen LogP contribution in [-0.2, 0) is 6.54 Å². The Kier molecular flexibility index (Phi) is 4.23. The summed E-state index contributed by atoms with van der Waals surface area (Å²) in [7, 11) is 0. The van der Waals surface area contributed by atoms with Gasteiger partial charge < -0.3 is 5.73 Å². The summed E-state index contributed by atoms with van der Waals surface area (Å²) in [5.74, 6) is 0.583. The third kappa shape index (κ3) is 3.09. The second-order valence-electron chi connectivity index (χ2n) is 5.15. The van der Waals surface area contributed by atoms with E-state index in [0.29, 0.717) is 18.0 Å². The van der Waals surface area contributed by atoms with Gasteiger partial charge in [-0.3, -0.25) is 4.90 Å². The molecular weight excluding hydrogens is 276 g/mol. The molecule has 94 valence electrons. The molecule has 0 saturated carbocycles. The molecule has 1 aromatic carbocycles. The largest absolute Gasteiger partial charge is 0.327 e. The molecule has 0 spiro atoms. The fourth-order valence-electron chi connectivity index (χ4n) is 2.52. The Hall–Kier alpha value is -0.380. The van der Waals surface area contributed by atoms with Gasteiger partial charge in [0.15, 0.2) is 0 Å². The van der Waals surface area contributed by atoms with Crippen LogP contribution in [0.15, 0.2) is 28.7 Å². The van der Waals surface area contributed by atoms with Gasteiger partial charge in [0, 0.05) is 29.6 Å². The van der Waals surface area contributed by atoms with E-state index in [-0.39, 0.29) is 0 Å². The van der Waals surface area contributed by atoms with Crippen molar-refractivity contribution in [2.75, 3.05) is 6.54 Å². The summed E-state index contributed by atoms with van der Waals surface area (Å²) in [5.41, 5.74) is 7.49. The number of hydrogen-bond acceptors (Lipinski definition) is 2. The van der Waals surface area contributed by atoms with Crippen molar-refractivity contribution < 1.29 is 0 Å². The van der Waals surface area contributed by atoms with Gasteiger partial charge in [0.2, 0.25) is 0 Å². The third-order valence-corrected chi connectivity index (χ3v) is 4.59. The molecule has 17 heavy (non-hydrogen) atoms. The molecule has 2 nitrogen and oxygen atoms in total. The molecule has 1 aliphatic rings. The Morgan fingerprint density at radius 1 is 1.29 bits per heavy atom. The van der Waals surface area contributed by atoms with E-state index in [0.717, 1.165) is 24.0 Å². The average molecular weight is 297 g/mol. The predicted molar refractivity (Wildman–Crippen MR) is 75.8 cm³/mol. The first-order chi connectivity index (χ1) is 8.08. The van der Waals surface area contributed by atoms with Crippen molar-refractivity contribution in [3.8, 4) is 0 Å². The highest BCUT2D eigenvalue weighted by atomic mass is 79.9. The van der Waals surface area contributed by atoms with Gasteiger partial charge >= 0.3 is 0 Å². The highest BCUT2D eigenvalue weighted by Crippen LogP contribution is 2.24. The van der Waals surface area contributed by atoms with Crippen LogP contribution in [0.1, 0.15) is 25.8 Å². The maximum absolute atomic E-state index is 6.11. The molecule has 2 rings (SSSR count). The van der Waals surface area contributed by atoms with E-state index in [2.05, 4.69) is 58.9 Å². The molecular formula is C14H21BrN2. The normalized spacial score (nSPS) is 30.5. The number of nitrogens with two attached hydrogens (primary N) is 1. The van der Waals surface area contributed by atoms with Crippen molar-refractivity contribution in [2.24, 2.45) is 11.7 Å². The second kappa shape index (κ2) is 5.51. The van der Waals surface area contributed by atoms with E-state index in [9.17, 15) is 0 Å². The van der Waals surface area contributed by atoms with Crippen molar-refractivity contribution in [2.45, 2.75) is 38.9 Å². The quantitative estimate of drug-likeness (QED) is 0.909. The van der Waals surface area contributed by atoms with Crippen LogP contribution in [0, 0.1) is 5.92 Å². The van der Waals surface area contributed by atoms with E-state index in [1.807, 2.05) is 0 Å². The van der Waals surface area contributed by atoms with Crippen LogP contribution in [0.25, 0.3) is 0 Å². The first-order valence-electron chi connectivity index (χ1n) is 6.32. The maximum atomic E-state index is 6.11. The number of nitrogens with zero attached hydrogens (tertiary/aromatic N) is 1. The third-order valence-electron chi connectivity index (χ3n) is 4.06. The summed E-state index contributed by atoms with van der Waals surface area (Å²) in [4.78, 5) is 2.54. The van der Waals surface area contributed by atoms with Gasteiger partial charge in [-0.05, 0) is 37.0 Å². The zero-order valence-electron chi connectivity index (χ0n) is 10.6. The summed E-state index contributed by atoms with van der Waals surface area (Å²) in [6.07, 6.45) is 1.11. The Morgan fingerprint density at radius 3 is 2.59 bits per heavy atom. The van der Waals surface area contributed by atoms with E-state index in [4.69, 9.17) is 5.73 Å². The molecule has 1 aliphatic heterocycles. The van der Waals surface area contributed by atoms with Crippen LogP contribution in [0.2, 0.25) is 0 Å². The van der Waals surface area contributed by atoms with E-state index in [1.165, 1.54) is 5.56 Å². The first-order valence-corrected chi connectivity index (χ1v) is 7.11. The zero-order chi connectivity index (χ0) is 12.4. The Labute approximate surface area is 112 Å². The molecule has 0 aliphatic carbocycles. The molecule has 0 radical (unpaired) electrons. The minimum Gasteiger partial charge on any atom is -0.327 e. The van der Waals surface area contributed by atoms with Gasteiger partial charge in [-0.1, -0.05) is 35.0 Å². The highest BCUT2D eigenvalue weighted by molar-refractivity contribution is 9.10. The molecule has 3 unspecified atom stereocenters. The van der Waals surface area contributed by atoms with Crippen LogP contribution in [-0.4, -0.2) is 23.5 Å². The number of halogens is 1. The second-order valence-corrected chi connectivity index (χ2v) is 6.06. The number of rotatable bonds is 2. The van der Waals surface area contributed by atoms with Crippen LogP contribution in [0.3, 0.4) is 0 Å². The topological polar surface area (TPSA) is 29.3 Å². The van der Waals surface area contributed by atoms with Crippen LogP contribution in [0.4, 0.5) is 0 Å². The molecule has 0 bridgehead atoms. The summed E-state index contributed by atoms with van der Waals surface area (Å²) >= 11 is 3.47. The summed E-state index contributed by atoms with van der Waals surface area (Å²) in [6.45, 7) is 6.71. The molecule has 1 fully saturated rings. The average Bonchev–Trinajstić information content (AvgIpc) is 2.33. The van der Waals surface area contributed by atoms with Crippen molar-refractivity contribution in [1.29, 1.82) is 0 Å². The Bertz CT molecular complexity index is 363. The van der Waals surface area contributed by atoms with Gasteiger partial charge in [-0.2, -0.15) is 0 Å². The number of hydrogen-bond donors (Lipinski definition) is 1. The Balaban J connectivity index is 2.01. The molecule has 3 atom stereocenters. The molecule has 2 N–H and O–H groups in total. The molecule has 1 heterocycles. The van der Waals surface area contributed by atoms with Crippen LogP contribution >= 0.6 is 15.9 Å². The van der Waals surface area contributed by atoms with Gasteiger partial charge in [0.05, 0.1) is 0 Å². The fraction of sp³-hybridized carbons (Fsp3) is 0.571. The number of piperidine rings is 1. The van der Waals surface area contributed by atoms with Gasteiger partial charge in [-0.15, -0.1) is 0 Å². The molecule has 0 amide bonds. The first kappa shape index (κ1) is 13.1. The van der Waals surface area contributed by atoms with E-state index < -0.39 is 0 Å². The monoisotopic (exact) mass is 296 g/mol. The van der Waals surface area contributed by atoms with Crippen molar-refractivity contribution in [3.05, 3.63) is 34.3 Å². The SMILES string of the molecule is CC1C(N)CCN(Cc2ccc(Br)cc2)C1C. The van der Waals surface area contributed by atoms with Crippen molar-refractivity contribution >= 4 is 15.9 Å². The molecule has 3 heteroatoms. The highest BCUT2D eigenvalue weighted by Gasteiger charge is 2.29. The smallest absolute Gasteiger partial charge is 0.0236 e. The van der Waals surface area contributed by atoms with Crippen molar-refractivity contribution in [3.63, 3.8) is 0 Å². The zero-order valence-corrected chi connectivity index (χ0v) is 12.2.